The number of hydrogen-bond acceptors (Lipinski definition) is 11. The lowest BCUT2D eigenvalue weighted by Crippen LogP contribution is -2.48. The van der Waals surface area contributed by atoms with Crippen molar-refractivity contribution in [2.45, 2.75) is 123 Å². The van der Waals surface area contributed by atoms with Crippen molar-refractivity contribution < 1.29 is 38.2 Å². The molecule has 9 rings (SSSR count). The molecule has 1 unspecified atom stereocenters. The molecule has 3 heterocycles. The number of rotatable bonds is 23. The summed E-state index contributed by atoms with van der Waals surface area (Å²) in [5, 5.41) is 3.03. The first kappa shape index (κ1) is 53.0. The number of hydrogen-bond donors (Lipinski definition) is 0. The Kier molecular flexibility index (Phi) is 16.8. The van der Waals surface area contributed by atoms with E-state index < -0.39 is 5.97 Å². The fourth-order valence-electron chi connectivity index (χ4n) is 11.7. The van der Waals surface area contributed by atoms with Crippen molar-refractivity contribution in [2.24, 2.45) is 5.92 Å². The Morgan fingerprint density at radius 3 is 1.89 bits per heavy atom. The third-order valence-electron chi connectivity index (χ3n) is 15.8. The third-order valence-corrected chi connectivity index (χ3v) is 15.8. The summed E-state index contributed by atoms with van der Waals surface area (Å²) in [6.45, 7) is 15.3. The van der Waals surface area contributed by atoms with E-state index >= 15 is 0 Å². The number of likely N-dealkylation sites (tertiary alicyclic amines) is 1. The highest BCUT2D eigenvalue weighted by atomic mass is 16.5. The molecule has 4 aliphatic rings. The van der Waals surface area contributed by atoms with Gasteiger partial charge in [0.25, 0.3) is 23.6 Å². The molecule has 13 heteroatoms. The lowest BCUT2D eigenvalue weighted by Gasteiger charge is -2.38. The average Bonchev–Trinajstić information content (AvgIpc) is 3.87. The first-order valence-electron chi connectivity index (χ1n) is 27.5. The molecule has 1 atom stereocenters. The van der Waals surface area contributed by atoms with Crippen LogP contribution in [-0.4, -0.2) is 115 Å². The van der Waals surface area contributed by atoms with Crippen LogP contribution in [0.5, 0.6) is 0 Å². The molecular weight excluding hydrogens is 943 g/mol. The maximum absolute atomic E-state index is 14.4. The van der Waals surface area contributed by atoms with Crippen LogP contribution in [0.3, 0.4) is 0 Å². The van der Waals surface area contributed by atoms with Crippen LogP contribution in [0.2, 0.25) is 0 Å². The van der Waals surface area contributed by atoms with Crippen LogP contribution in [0.4, 0.5) is 11.4 Å². The predicted molar refractivity (Wildman–Crippen MR) is 294 cm³/mol. The van der Waals surface area contributed by atoms with E-state index in [1.807, 2.05) is 74.5 Å². The van der Waals surface area contributed by atoms with E-state index in [9.17, 15) is 28.8 Å². The molecule has 1 saturated carbocycles. The number of esters is 2. The molecule has 0 bridgehead atoms. The zero-order valence-electron chi connectivity index (χ0n) is 44.4. The summed E-state index contributed by atoms with van der Waals surface area (Å²) in [5.74, 6) is -2.00. The molecule has 0 spiro atoms. The third kappa shape index (κ3) is 11.4. The van der Waals surface area contributed by atoms with E-state index in [1.165, 1.54) is 16.2 Å². The quantitative estimate of drug-likeness (QED) is 0.0268. The Labute approximate surface area is 441 Å². The van der Waals surface area contributed by atoms with Gasteiger partial charge in [0.2, 0.25) is 0 Å². The van der Waals surface area contributed by atoms with Gasteiger partial charge in [-0.2, -0.15) is 0 Å². The van der Waals surface area contributed by atoms with E-state index in [2.05, 4.69) is 52.5 Å². The number of ether oxygens (including phenoxy) is 2. The van der Waals surface area contributed by atoms with Crippen molar-refractivity contribution in [3.8, 4) is 0 Å². The van der Waals surface area contributed by atoms with Gasteiger partial charge in [0.15, 0.2) is 0 Å². The summed E-state index contributed by atoms with van der Waals surface area (Å²) in [5.41, 5.74) is 6.50. The Morgan fingerprint density at radius 1 is 0.653 bits per heavy atom. The van der Waals surface area contributed by atoms with Gasteiger partial charge in [0, 0.05) is 99.0 Å². The summed E-state index contributed by atoms with van der Waals surface area (Å²) in [7, 11) is 0. The van der Waals surface area contributed by atoms with Gasteiger partial charge in [-0.1, -0.05) is 114 Å². The highest BCUT2D eigenvalue weighted by Gasteiger charge is 2.38. The van der Waals surface area contributed by atoms with Gasteiger partial charge in [-0.25, -0.2) is 4.79 Å². The van der Waals surface area contributed by atoms with Crippen molar-refractivity contribution in [3.63, 3.8) is 0 Å². The molecule has 2 fully saturated rings. The monoisotopic (exact) mass is 1020 g/mol. The fraction of sp³-hybridized carbons (Fsp3) is 0.452. The Bertz CT molecular complexity index is 2930. The Balaban J connectivity index is 0.875. The number of amides is 4. The van der Waals surface area contributed by atoms with Crippen LogP contribution in [-0.2, 0) is 32.0 Å². The van der Waals surface area contributed by atoms with Crippen LogP contribution in [0.1, 0.15) is 151 Å². The van der Waals surface area contributed by atoms with Crippen molar-refractivity contribution >= 4 is 68.5 Å². The van der Waals surface area contributed by atoms with Gasteiger partial charge in [-0.05, 0) is 99.5 Å². The number of unbranched alkanes of at least 4 members (excludes halogenated alkanes) is 3. The second-order valence-corrected chi connectivity index (χ2v) is 21.3. The first-order valence-corrected chi connectivity index (χ1v) is 27.5. The van der Waals surface area contributed by atoms with Crippen LogP contribution < -0.4 is 9.80 Å². The molecule has 4 amide bonds. The number of nitrogens with zero attached hydrogens (tertiary/aromatic N) is 5. The summed E-state index contributed by atoms with van der Waals surface area (Å²) in [6, 6.07) is 27.9. The van der Waals surface area contributed by atoms with Crippen molar-refractivity contribution in [1.82, 2.24) is 14.7 Å². The second kappa shape index (κ2) is 23.8. The van der Waals surface area contributed by atoms with Gasteiger partial charge < -0.3 is 19.3 Å². The summed E-state index contributed by atoms with van der Waals surface area (Å²) < 4.78 is 11.2. The minimum Gasteiger partial charge on any atom is -0.464 e. The Morgan fingerprint density at radius 2 is 1.25 bits per heavy atom. The molecule has 1 aliphatic carbocycles. The average molecular weight is 1020 g/mol. The van der Waals surface area contributed by atoms with E-state index in [0.717, 1.165) is 117 Å². The fourth-order valence-corrected chi connectivity index (χ4v) is 11.7. The maximum atomic E-state index is 14.4. The molecule has 13 nitrogen and oxygen atoms in total. The van der Waals surface area contributed by atoms with Gasteiger partial charge in [0.05, 0.1) is 19.0 Å². The molecule has 1 saturated heterocycles. The van der Waals surface area contributed by atoms with Crippen molar-refractivity contribution in [2.75, 3.05) is 62.3 Å². The van der Waals surface area contributed by atoms with E-state index in [-0.39, 0.29) is 60.8 Å². The second-order valence-electron chi connectivity index (χ2n) is 21.3. The van der Waals surface area contributed by atoms with Crippen LogP contribution in [0.25, 0.3) is 21.5 Å². The molecule has 394 valence electrons. The number of benzene rings is 5. The SMILES string of the molecule is C=C(C)C(=O)OCCN(c1ccc2c3c(cccc13)C(=O)N(CC1CCCN1CCc1ccc(CN(CCOC(=O)C(C)C)c3ccc4c5c(cccc35)C(=O)N(CCCCCC)C4=O)cc1)C2=O)C1CCCCC1. The molecule has 5 aromatic rings. The van der Waals surface area contributed by atoms with Crippen LogP contribution >= 0.6 is 0 Å². The molecule has 0 N–H and O–H groups in total. The van der Waals surface area contributed by atoms with Crippen molar-refractivity contribution in [3.05, 3.63) is 130 Å². The first-order chi connectivity index (χ1) is 36.3. The van der Waals surface area contributed by atoms with E-state index in [0.29, 0.717) is 71.3 Å². The lowest BCUT2D eigenvalue weighted by molar-refractivity contribution is -0.147. The van der Waals surface area contributed by atoms with E-state index in [1.54, 1.807) is 6.92 Å². The van der Waals surface area contributed by atoms with E-state index in [4.69, 9.17) is 9.47 Å². The largest absolute Gasteiger partial charge is 0.464 e. The molecule has 3 aliphatic heterocycles. The summed E-state index contributed by atoms with van der Waals surface area (Å²) in [4.78, 5) is 91.2. The number of carbonyl (C=O) groups excluding carboxylic acids is 6. The number of anilines is 2. The topological polar surface area (TPSA) is 137 Å². The smallest absolute Gasteiger partial charge is 0.333 e. The minimum atomic E-state index is -0.412. The van der Waals surface area contributed by atoms with Crippen LogP contribution in [0.15, 0.2) is 97.1 Å². The standard InChI is InChI=1S/C62H73N5O8/c1-6-7-8-12-33-66-57(68)49-21-13-19-47-53(29-27-51(55(47)49)58(66)69)64(35-37-74-61(72)41(2)3)39-44-25-23-43(24-26-44)31-34-63-32-15-18-46(63)40-67-59(70)50-22-14-20-48-54(30-28-52(56(48)50)60(67)71)65(45-16-10-9-11-17-45)36-38-75-62(73)42(4)5/h13-14,19-30,41,45-46H,4,6-12,15-18,31-40H2,1-3,5H3. The maximum Gasteiger partial charge on any atom is 0.333 e. The highest BCUT2D eigenvalue weighted by molar-refractivity contribution is 6.28. The summed E-state index contributed by atoms with van der Waals surface area (Å²) >= 11 is 0. The number of imide groups is 2. The Hall–Kier alpha value is -6.86. The molecule has 5 aromatic carbocycles. The normalized spacial score (nSPS) is 16.9. The number of carbonyl (C=O) groups is 6. The summed E-state index contributed by atoms with van der Waals surface area (Å²) in [6.07, 6.45) is 12.0. The van der Waals surface area contributed by atoms with Gasteiger partial charge in [0.1, 0.15) is 13.2 Å². The molecular formula is C62H73N5O8. The zero-order chi connectivity index (χ0) is 52.8. The van der Waals surface area contributed by atoms with Gasteiger partial charge >= 0.3 is 11.9 Å². The minimum absolute atomic E-state index is 0.0285. The molecule has 0 aromatic heterocycles. The van der Waals surface area contributed by atoms with Gasteiger partial charge in [-0.15, -0.1) is 0 Å². The van der Waals surface area contributed by atoms with Crippen molar-refractivity contribution in [1.29, 1.82) is 0 Å². The van der Waals surface area contributed by atoms with Gasteiger partial charge in [-0.3, -0.25) is 38.7 Å². The molecule has 75 heavy (non-hydrogen) atoms. The lowest BCUT2D eigenvalue weighted by atomic mass is 9.90. The zero-order valence-corrected chi connectivity index (χ0v) is 44.4. The van der Waals surface area contributed by atoms with Crippen LogP contribution in [0, 0.1) is 5.92 Å². The predicted octanol–water partition coefficient (Wildman–Crippen LogP) is 10.9. The highest BCUT2D eigenvalue weighted by Crippen LogP contribution is 2.40. The molecule has 0 radical (unpaired) electrons.